The topological polar surface area (TPSA) is 88.4 Å². The Morgan fingerprint density at radius 2 is 1.35 bits per heavy atom. The SMILES string of the molecule is CCOCC(C)O.OCCOCCOCCO. The van der Waals surface area contributed by atoms with Crippen molar-refractivity contribution in [3.05, 3.63) is 0 Å². The summed E-state index contributed by atoms with van der Waals surface area (Å²) in [5.74, 6) is 0. The molecule has 106 valence electrons. The highest BCUT2D eigenvalue weighted by molar-refractivity contribution is 4.38. The van der Waals surface area contributed by atoms with E-state index in [-0.39, 0.29) is 19.3 Å². The molecule has 0 aromatic carbocycles. The Labute approximate surface area is 103 Å². The third kappa shape index (κ3) is 25.8. The number of hydrogen-bond donors (Lipinski definition) is 3. The van der Waals surface area contributed by atoms with Gasteiger partial charge in [-0.2, -0.15) is 0 Å². The van der Waals surface area contributed by atoms with Gasteiger partial charge in [0.05, 0.1) is 52.4 Å². The lowest BCUT2D eigenvalue weighted by Gasteiger charge is -2.01. The van der Waals surface area contributed by atoms with Gasteiger partial charge < -0.3 is 29.5 Å². The molecular weight excluding hydrogens is 228 g/mol. The van der Waals surface area contributed by atoms with Gasteiger partial charge in [0.2, 0.25) is 0 Å². The van der Waals surface area contributed by atoms with Gasteiger partial charge in [-0.05, 0) is 13.8 Å². The molecule has 1 unspecified atom stereocenters. The summed E-state index contributed by atoms with van der Waals surface area (Å²) in [7, 11) is 0. The summed E-state index contributed by atoms with van der Waals surface area (Å²) in [6, 6.07) is 0. The zero-order chi connectivity index (χ0) is 13.4. The molecule has 0 rings (SSSR count). The lowest BCUT2D eigenvalue weighted by molar-refractivity contribution is 0.0222. The second-order valence-electron chi connectivity index (χ2n) is 3.18. The van der Waals surface area contributed by atoms with Gasteiger partial charge in [0.25, 0.3) is 0 Å². The predicted octanol–water partition coefficient (Wildman–Crippen LogP) is -0.592. The first-order valence-electron chi connectivity index (χ1n) is 5.82. The third-order valence-electron chi connectivity index (χ3n) is 1.41. The summed E-state index contributed by atoms with van der Waals surface area (Å²) < 4.78 is 14.6. The summed E-state index contributed by atoms with van der Waals surface area (Å²) in [4.78, 5) is 0. The molecule has 0 aliphatic rings. The van der Waals surface area contributed by atoms with E-state index in [1.54, 1.807) is 6.92 Å². The summed E-state index contributed by atoms with van der Waals surface area (Å²) in [5, 5.41) is 25.1. The molecule has 0 heterocycles. The van der Waals surface area contributed by atoms with Crippen LogP contribution < -0.4 is 0 Å². The quantitative estimate of drug-likeness (QED) is 0.452. The first kappa shape index (κ1) is 19.1. The van der Waals surface area contributed by atoms with Crippen molar-refractivity contribution in [2.75, 3.05) is 52.9 Å². The lowest BCUT2D eigenvalue weighted by atomic mass is 10.4. The van der Waals surface area contributed by atoms with Crippen molar-refractivity contribution < 1.29 is 29.5 Å². The average molecular weight is 254 g/mol. The maximum Gasteiger partial charge on any atom is 0.0745 e. The molecule has 1 atom stereocenters. The van der Waals surface area contributed by atoms with E-state index in [4.69, 9.17) is 29.5 Å². The van der Waals surface area contributed by atoms with Crippen LogP contribution in [0.1, 0.15) is 13.8 Å². The maximum absolute atomic E-state index is 8.56. The number of aliphatic hydroxyl groups is 3. The van der Waals surface area contributed by atoms with Crippen LogP contribution in [0.5, 0.6) is 0 Å². The molecule has 0 saturated heterocycles. The molecule has 0 fully saturated rings. The molecule has 0 amide bonds. The molecule has 0 saturated carbocycles. The van der Waals surface area contributed by atoms with Gasteiger partial charge in [0, 0.05) is 6.61 Å². The minimum atomic E-state index is -0.319. The molecule has 0 radical (unpaired) electrons. The fourth-order valence-corrected chi connectivity index (χ4v) is 0.739. The molecule has 0 aliphatic heterocycles. The Balaban J connectivity index is 0. The van der Waals surface area contributed by atoms with Crippen molar-refractivity contribution in [2.45, 2.75) is 20.0 Å². The third-order valence-corrected chi connectivity index (χ3v) is 1.41. The Morgan fingerprint density at radius 3 is 1.59 bits per heavy atom. The zero-order valence-electron chi connectivity index (χ0n) is 10.8. The van der Waals surface area contributed by atoms with E-state index in [9.17, 15) is 0 Å². The highest BCUT2D eigenvalue weighted by atomic mass is 16.5. The number of rotatable bonds is 10. The summed E-state index contributed by atoms with van der Waals surface area (Å²) in [6.07, 6.45) is -0.319. The molecular formula is C11H26O6. The van der Waals surface area contributed by atoms with Crippen LogP contribution in [0.3, 0.4) is 0 Å². The smallest absolute Gasteiger partial charge is 0.0745 e. The van der Waals surface area contributed by atoms with Crippen molar-refractivity contribution in [3.8, 4) is 0 Å². The van der Waals surface area contributed by atoms with Gasteiger partial charge in [-0.1, -0.05) is 0 Å². The average Bonchev–Trinajstić information content (AvgIpc) is 2.32. The minimum absolute atomic E-state index is 0.0417. The fraction of sp³-hybridized carbons (Fsp3) is 1.00. The van der Waals surface area contributed by atoms with Crippen molar-refractivity contribution >= 4 is 0 Å². The van der Waals surface area contributed by atoms with E-state index < -0.39 is 0 Å². The van der Waals surface area contributed by atoms with E-state index >= 15 is 0 Å². The minimum Gasteiger partial charge on any atom is -0.394 e. The Bertz CT molecular complexity index is 113. The van der Waals surface area contributed by atoms with E-state index in [1.165, 1.54) is 0 Å². The van der Waals surface area contributed by atoms with Crippen molar-refractivity contribution in [1.29, 1.82) is 0 Å². The molecule has 3 N–H and O–H groups in total. The number of aliphatic hydroxyl groups excluding tert-OH is 3. The monoisotopic (exact) mass is 254 g/mol. The van der Waals surface area contributed by atoms with Crippen LogP contribution >= 0.6 is 0 Å². The molecule has 6 heteroatoms. The number of hydrogen-bond acceptors (Lipinski definition) is 6. The van der Waals surface area contributed by atoms with Gasteiger partial charge in [-0.15, -0.1) is 0 Å². The molecule has 0 aromatic heterocycles. The van der Waals surface area contributed by atoms with Crippen LogP contribution in [0.4, 0.5) is 0 Å². The molecule has 17 heavy (non-hydrogen) atoms. The first-order chi connectivity index (χ1) is 8.18. The van der Waals surface area contributed by atoms with E-state index in [1.807, 2.05) is 6.92 Å². The molecule has 0 bridgehead atoms. The van der Waals surface area contributed by atoms with Crippen LogP contribution in [0.2, 0.25) is 0 Å². The second-order valence-corrected chi connectivity index (χ2v) is 3.18. The summed E-state index contributed by atoms with van der Waals surface area (Å²) >= 11 is 0. The molecule has 0 aliphatic carbocycles. The zero-order valence-corrected chi connectivity index (χ0v) is 10.8. The van der Waals surface area contributed by atoms with Gasteiger partial charge in [0.15, 0.2) is 0 Å². The van der Waals surface area contributed by atoms with Crippen LogP contribution in [0.25, 0.3) is 0 Å². The molecule has 0 aromatic rings. The first-order valence-corrected chi connectivity index (χ1v) is 5.82. The fourth-order valence-electron chi connectivity index (χ4n) is 0.739. The number of ether oxygens (including phenoxy) is 3. The van der Waals surface area contributed by atoms with Crippen molar-refractivity contribution in [3.63, 3.8) is 0 Å². The van der Waals surface area contributed by atoms with Crippen molar-refractivity contribution in [1.82, 2.24) is 0 Å². The lowest BCUT2D eigenvalue weighted by Crippen LogP contribution is -2.09. The van der Waals surface area contributed by atoms with Crippen LogP contribution in [-0.4, -0.2) is 74.3 Å². The molecule has 0 spiro atoms. The molecule has 6 nitrogen and oxygen atoms in total. The van der Waals surface area contributed by atoms with E-state index in [0.717, 1.165) is 0 Å². The van der Waals surface area contributed by atoms with E-state index in [0.29, 0.717) is 39.6 Å². The van der Waals surface area contributed by atoms with Gasteiger partial charge in [0.1, 0.15) is 0 Å². The maximum atomic E-state index is 8.56. The Morgan fingerprint density at radius 1 is 0.882 bits per heavy atom. The summed E-state index contributed by atoms with van der Waals surface area (Å²) in [5.41, 5.74) is 0. The summed E-state index contributed by atoms with van der Waals surface area (Å²) in [6.45, 7) is 6.48. The van der Waals surface area contributed by atoms with Crippen molar-refractivity contribution in [2.24, 2.45) is 0 Å². The van der Waals surface area contributed by atoms with Gasteiger partial charge in [-0.25, -0.2) is 0 Å². The highest BCUT2D eigenvalue weighted by Gasteiger charge is 1.90. The predicted molar refractivity (Wildman–Crippen MR) is 64.0 cm³/mol. The van der Waals surface area contributed by atoms with Crippen LogP contribution in [0.15, 0.2) is 0 Å². The highest BCUT2D eigenvalue weighted by Crippen LogP contribution is 1.79. The van der Waals surface area contributed by atoms with Crippen LogP contribution in [-0.2, 0) is 14.2 Å². The Hall–Kier alpha value is -0.240. The largest absolute Gasteiger partial charge is 0.394 e. The normalized spacial score (nSPS) is 11.8. The van der Waals surface area contributed by atoms with E-state index in [2.05, 4.69) is 0 Å². The standard InChI is InChI=1S/C6H14O4.C5H12O2/c7-1-3-9-5-6-10-4-2-8;1-3-7-4-5(2)6/h7-8H,1-6H2;5-6H,3-4H2,1-2H3. The Kier molecular flexibility index (Phi) is 20.4. The second kappa shape index (κ2) is 18.1. The van der Waals surface area contributed by atoms with Gasteiger partial charge in [-0.3, -0.25) is 0 Å². The van der Waals surface area contributed by atoms with Gasteiger partial charge >= 0.3 is 0 Å². The van der Waals surface area contributed by atoms with Crippen LogP contribution in [0, 0.1) is 0 Å².